The van der Waals surface area contributed by atoms with E-state index in [4.69, 9.17) is 5.73 Å². The molecule has 0 radical (unpaired) electrons. The Hall–Kier alpha value is -1.68. The van der Waals surface area contributed by atoms with Crippen molar-refractivity contribution in [1.82, 2.24) is 0 Å². The molecule has 0 bridgehead atoms. The Morgan fingerprint density at radius 3 is 2.22 bits per heavy atom. The minimum atomic E-state index is -0.106. The van der Waals surface area contributed by atoms with Crippen molar-refractivity contribution < 1.29 is 9.59 Å². The van der Waals surface area contributed by atoms with E-state index in [1.165, 1.54) is 4.90 Å². The van der Waals surface area contributed by atoms with Crippen LogP contribution in [0.3, 0.4) is 0 Å². The van der Waals surface area contributed by atoms with Gasteiger partial charge in [0.1, 0.15) is 0 Å². The van der Waals surface area contributed by atoms with E-state index in [-0.39, 0.29) is 17.7 Å². The predicted molar refractivity (Wildman–Crippen MR) is 70.1 cm³/mol. The summed E-state index contributed by atoms with van der Waals surface area (Å²) in [4.78, 5) is 25.1. The number of nitrogens with two attached hydrogens (primary N) is 1. The zero-order valence-corrected chi connectivity index (χ0v) is 10.6. The quantitative estimate of drug-likeness (QED) is 0.822. The molecule has 4 heteroatoms. The molecule has 0 unspecified atom stereocenters. The van der Waals surface area contributed by atoms with E-state index in [9.17, 15) is 9.59 Å². The zero-order chi connectivity index (χ0) is 13.1. The van der Waals surface area contributed by atoms with Gasteiger partial charge in [0.2, 0.25) is 11.8 Å². The molecule has 1 aliphatic heterocycles. The molecule has 0 aromatic heterocycles. The van der Waals surface area contributed by atoms with Gasteiger partial charge in [0.05, 0.1) is 5.69 Å². The first-order chi connectivity index (χ1) is 8.61. The highest BCUT2D eigenvalue weighted by atomic mass is 16.2. The first-order valence-electron chi connectivity index (χ1n) is 6.26. The van der Waals surface area contributed by atoms with Gasteiger partial charge in [0.25, 0.3) is 0 Å². The Bertz CT molecular complexity index is 435. The van der Waals surface area contributed by atoms with Crippen LogP contribution in [0.15, 0.2) is 24.3 Å². The summed E-state index contributed by atoms with van der Waals surface area (Å²) in [7, 11) is 0. The number of benzene rings is 1. The third-order valence-corrected chi connectivity index (χ3v) is 3.17. The molecule has 96 valence electrons. The molecule has 2 rings (SSSR count). The smallest absolute Gasteiger partial charge is 0.234 e. The maximum Gasteiger partial charge on any atom is 0.234 e. The van der Waals surface area contributed by atoms with Gasteiger partial charge in [0, 0.05) is 12.8 Å². The number of hydrogen-bond donors (Lipinski definition) is 1. The van der Waals surface area contributed by atoms with Crippen molar-refractivity contribution in [3.05, 3.63) is 29.8 Å². The average Bonchev–Trinajstić information content (AvgIpc) is 2.30. The normalized spacial score (nSPS) is 17.3. The number of carbonyl (C=O) groups is 2. The van der Waals surface area contributed by atoms with Crippen LogP contribution in [0.2, 0.25) is 0 Å². The summed E-state index contributed by atoms with van der Waals surface area (Å²) in [6.07, 6.45) is 1.69. The van der Waals surface area contributed by atoms with Gasteiger partial charge < -0.3 is 5.73 Å². The van der Waals surface area contributed by atoms with E-state index < -0.39 is 0 Å². The summed E-state index contributed by atoms with van der Waals surface area (Å²) >= 11 is 0. The van der Waals surface area contributed by atoms with E-state index in [2.05, 4.69) is 0 Å². The van der Waals surface area contributed by atoms with E-state index in [1.807, 2.05) is 31.2 Å². The fraction of sp³-hybridized carbons (Fsp3) is 0.429. The van der Waals surface area contributed by atoms with Crippen LogP contribution in [0.4, 0.5) is 5.69 Å². The number of imide groups is 1. The summed E-state index contributed by atoms with van der Waals surface area (Å²) in [6, 6.07) is 7.47. The number of hydrogen-bond acceptors (Lipinski definition) is 3. The highest BCUT2D eigenvalue weighted by Gasteiger charge is 2.31. The molecular weight excluding hydrogens is 228 g/mol. The van der Waals surface area contributed by atoms with E-state index in [1.54, 1.807) is 0 Å². The molecule has 1 fully saturated rings. The second-order valence-corrected chi connectivity index (χ2v) is 4.84. The summed E-state index contributed by atoms with van der Waals surface area (Å²) in [5, 5.41) is 0. The van der Waals surface area contributed by atoms with Crippen LogP contribution in [-0.2, 0) is 16.0 Å². The predicted octanol–water partition coefficient (Wildman–Crippen LogP) is 1.48. The molecule has 1 aromatic carbocycles. The lowest BCUT2D eigenvalue weighted by Gasteiger charge is -2.28. The van der Waals surface area contributed by atoms with Crippen molar-refractivity contribution >= 4 is 17.5 Å². The Kier molecular flexibility index (Phi) is 3.77. The fourth-order valence-corrected chi connectivity index (χ4v) is 2.26. The SMILES string of the molecule is CC1CC(=O)N(c2ccc(CCN)cc2)C(=O)C1. The van der Waals surface area contributed by atoms with Crippen molar-refractivity contribution in [2.24, 2.45) is 11.7 Å². The first-order valence-corrected chi connectivity index (χ1v) is 6.26. The number of amides is 2. The molecule has 2 N–H and O–H groups in total. The van der Waals surface area contributed by atoms with Crippen LogP contribution in [0.25, 0.3) is 0 Å². The molecule has 1 aromatic rings. The van der Waals surface area contributed by atoms with E-state index >= 15 is 0 Å². The van der Waals surface area contributed by atoms with Gasteiger partial charge in [-0.15, -0.1) is 0 Å². The second kappa shape index (κ2) is 5.31. The second-order valence-electron chi connectivity index (χ2n) is 4.84. The number of rotatable bonds is 3. The Balaban J connectivity index is 2.20. The Morgan fingerprint density at radius 1 is 1.17 bits per heavy atom. The molecule has 0 aliphatic carbocycles. The van der Waals surface area contributed by atoms with Gasteiger partial charge in [-0.1, -0.05) is 19.1 Å². The van der Waals surface area contributed by atoms with Crippen molar-refractivity contribution in [1.29, 1.82) is 0 Å². The molecule has 1 heterocycles. The molecule has 2 amide bonds. The van der Waals surface area contributed by atoms with Crippen molar-refractivity contribution in [2.75, 3.05) is 11.4 Å². The third-order valence-electron chi connectivity index (χ3n) is 3.17. The molecule has 0 spiro atoms. The summed E-state index contributed by atoms with van der Waals surface area (Å²) in [6.45, 7) is 2.52. The van der Waals surface area contributed by atoms with Crippen LogP contribution >= 0.6 is 0 Å². The van der Waals surface area contributed by atoms with Gasteiger partial charge in [-0.05, 0) is 36.6 Å². The van der Waals surface area contributed by atoms with Crippen molar-refractivity contribution in [3.63, 3.8) is 0 Å². The standard InChI is InChI=1S/C14H18N2O2/c1-10-8-13(17)16(14(18)9-10)12-4-2-11(3-5-12)6-7-15/h2-5,10H,6-9,15H2,1H3. The fourth-order valence-electron chi connectivity index (χ4n) is 2.26. The maximum atomic E-state index is 11.9. The lowest BCUT2D eigenvalue weighted by atomic mass is 9.97. The number of anilines is 1. The molecular formula is C14H18N2O2. The lowest BCUT2D eigenvalue weighted by Crippen LogP contribution is -2.42. The minimum Gasteiger partial charge on any atom is -0.330 e. The van der Waals surface area contributed by atoms with Crippen LogP contribution < -0.4 is 10.6 Å². The van der Waals surface area contributed by atoms with Crippen LogP contribution in [0, 0.1) is 5.92 Å². The molecule has 1 saturated heterocycles. The van der Waals surface area contributed by atoms with Gasteiger partial charge in [0.15, 0.2) is 0 Å². The number of piperidine rings is 1. The molecule has 18 heavy (non-hydrogen) atoms. The van der Waals surface area contributed by atoms with Gasteiger partial charge >= 0.3 is 0 Å². The zero-order valence-electron chi connectivity index (χ0n) is 10.6. The number of carbonyl (C=O) groups excluding carboxylic acids is 2. The Morgan fingerprint density at radius 2 is 1.72 bits per heavy atom. The minimum absolute atomic E-state index is 0.106. The van der Waals surface area contributed by atoms with Crippen LogP contribution in [-0.4, -0.2) is 18.4 Å². The third kappa shape index (κ3) is 2.59. The maximum absolute atomic E-state index is 11.9. The summed E-state index contributed by atoms with van der Waals surface area (Å²) in [5.41, 5.74) is 7.26. The van der Waals surface area contributed by atoms with Gasteiger partial charge in [-0.25, -0.2) is 0 Å². The lowest BCUT2D eigenvalue weighted by molar-refractivity contribution is -0.130. The summed E-state index contributed by atoms with van der Waals surface area (Å²) in [5.74, 6) is -0.0617. The van der Waals surface area contributed by atoms with E-state index in [0.717, 1.165) is 12.0 Å². The average molecular weight is 246 g/mol. The number of nitrogens with zero attached hydrogens (tertiary/aromatic N) is 1. The monoisotopic (exact) mass is 246 g/mol. The first kappa shape index (κ1) is 12.8. The van der Waals surface area contributed by atoms with Crippen LogP contribution in [0.5, 0.6) is 0 Å². The van der Waals surface area contributed by atoms with Gasteiger partial charge in [-0.3, -0.25) is 14.5 Å². The van der Waals surface area contributed by atoms with Crippen molar-refractivity contribution in [3.8, 4) is 0 Å². The molecule has 0 atom stereocenters. The van der Waals surface area contributed by atoms with E-state index in [0.29, 0.717) is 25.1 Å². The van der Waals surface area contributed by atoms with Crippen LogP contribution in [0.1, 0.15) is 25.3 Å². The molecule has 0 saturated carbocycles. The highest BCUT2D eigenvalue weighted by Crippen LogP contribution is 2.25. The van der Waals surface area contributed by atoms with Gasteiger partial charge in [-0.2, -0.15) is 0 Å². The van der Waals surface area contributed by atoms with Crippen molar-refractivity contribution in [2.45, 2.75) is 26.2 Å². The molecule has 4 nitrogen and oxygen atoms in total. The topological polar surface area (TPSA) is 63.4 Å². The Labute approximate surface area is 107 Å². The summed E-state index contributed by atoms with van der Waals surface area (Å²) < 4.78 is 0. The molecule has 1 aliphatic rings. The largest absolute Gasteiger partial charge is 0.330 e. The highest BCUT2D eigenvalue weighted by molar-refractivity contribution is 6.16.